The predicted octanol–water partition coefficient (Wildman–Crippen LogP) is 2.74. The Labute approximate surface area is 194 Å². The van der Waals surface area contributed by atoms with Crippen molar-refractivity contribution < 1.29 is 9.90 Å². The highest BCUT2D eigenvalue weighted by Crippen LogP contribution is 2.33. The van der Waals surface area contributed by atoms with Crippen LogP contribution in [-0.2, 0) is 6.54 Å². The van der Waals surface area contributed by atoms with Crippen LogP contribution in [0.3, 0.4) is 0 Å². The maximum absolute atomic E-state index is 13.6. The summed E-state index contributed by atoms with van der Waals surface area (Å²) >= 11 is 0. The van der Waals surface area contributed by atoms with Crippen molar-refractivity contribution in [2.24, 2.45) is 5.73 Å². The number of piperidine rings is 1. The second-order valence-electron chi connectivity index (χ2n) is 9.38. The van der Waals surface area contributed by atoms with Crippen molar-refractivity contribution in [2.75, 3.05) is 24.5 Å². The van der Waals surface area contributed by atoms with Gasteiger partial charge in [-0.3, -0.25) is 4.79 Å². The maximum Gasteiger partial charge on any atom is 0.254 e. The number of β-amino-alcohol motifs (C(OH)–C–C–N with tert-alkyl or cyclic N) is 1. The van der Waals surface area contributed by atoms with E-state index in [0.29, 0.717) is 25.2 Å². The highest BCUT2D eigenvalue weighted by atomic mass is 16.3. The Morgan fingerprint density at radius 3 is 2.79 bits per heavy atom. The van der Waals surface area contributed by atoms with Crippen LogP contribution in [0.1, 0.15) is 64.5 Å². The largest absolute Gasteiger partial charge is 0.391 e. The zero-order valence-electron chi connectivity index (χ0n) is 19.4. The van der Waals surface area contributed by atoms with E-state index in [9.17, 15) is 9.90 Å². The van der Waals surface area contributed by atoms with E-state index in [1.54, 1.807) is 0 Å². The molecule has 2 aliphatic rings. The Hall–Kier alpha value is -2.97. The van der Waals surface area contributed by atoms with Crippen LogP contribution in [0.5, 0.6) is 0 Å². The summed E-state index contributed by atoms with van der Waals surface area (Å²) in [5.74, 6) is 0.922. The molecule has 8 heteroatoms. The van der Waals surface area contributed by atoms with E-state index in [1.807, 2.05) is 53.7 Å². The van der Waals surface area contributed by atoms with E-state index in [-0.39, 0.29) is 18.1 Å². The highest BCUT2D eigenvalue weighted by molar-refractivity contribution is 5.96. The van der Waals surface area contributed by atoms with Gasteiger partial charge in [-0.1, -0.05) is 17.7 Å². The van der Waals surface area contributed by atoms with Gasteiger partial charge in [0.2, 0.25) is 0 Å². The number of carbonyl (C=O) groups excluding carboxylic acids is 1. The van der Waals surface area contributed by atoms with Gasteiger partial charge in [-0.2, -0.15) is 5.10 Å². The summed E-state index contributed by atoms with van der Waals surface area (Å²) in [6.45, 7) is 6.48. The Kier molecular flexibility index (Phi) is 5.80. The normalized spacial score (nSPS) is 21.2. The molecule has 4 heterocycles. The van der Waals surface area contributed by atoms with Crippen molar-refractivity contribution in [1.82, 2.24) is 19.5 Å². The molecule has 1 aromatic carbocycles. The molecule has 2 aromatic heterocycles. The number of hydrogen-bond donors (Lipinski definition) is 2. The van der Waals surface area contributed by atoms with Gasteiger partial charge in [0, 0.05) is 49.6 Å². The average Bonchev–Trinajstić information content (AvgIpc) is 3.43. The van der Waals surface area contributed by atoms with Crippen molar-refractivity contribution >= 4 is 17.4 Å². The number of aliphatic hydroxyl groups excluding tert-OH is 1. The molecule has 2 fully saturated rings. The summed E-state index contributed by atoms with van der Waals surface area (Å²) in [4.78, 5) is 22.6. The summed E-state index contributed by atoms with van der Waals surface area (Å²) in [7, 11) is 0. The van der Waals surface area contributed by atoms with Crippen LogP contribution < -0.4 is 10.6 Å². The second kappa shape index (κ2) is 8.76. The number of benzene rings is 1. The molecule has 3 aromatic rings. The molecule has 0 spiro atoms. The summed E-state index contributed by atoms with van der Waals surface area (Å²) in [5, 5.41) is 14.8. The van der Waals surface area contributed by atoms with Crippen LogP contribution in [0.25, 0.3) is 5.65 Å². The van der Waals surface area contributed by atoms with Crippen molar-refractivity contribution in [3.8, 4) is 0 Å². The molecule has 8 nitrogen and oxygen atoms in total. The van der Waals surface area contributed by atoms with Crippen molar-refractivity contribution in [2.45, 2.75) is 58.2 Å². The third-order valence-corrected chi connectivity index (χ3v) is 6.91. The van der Waals surface area contributed by atoms with Crippen LogP contribution in [0.4, 0.5) is 5.82 Å². The number of rotatable bonds is 4. The number of nitrogens with zero attached hydrogens (tertiary/aromatic N) is 5. The standard InChI is InChI=1S/C25H32N6O2/c1-16-6-7-18(13-26)20(11-16)25(33)30-9-4-3-5-22(30)21-12-23-27-24(17(2)14-31(23)28-21)29-10-8-19(32)15-29/h6-7,11-12,14,19,22,32H,3-5,8-10,13,15,26H2,1-2H3/t19?,22-/m0/s1. The SMILES string of the molecule is Cc1ccc(CN)c(C(=O)N2CCCC[C@H]2c2cc3nc(N4CCC(O)C4)c(C)cn3n2)c1. The zero-order chi connectivity index (χ0) is 23.1. The molecular weight excluding hydrogens is 416 g/mol. The van der Waals surface area contributed by atoms with Gasteiger partial charge in [0.25, 0.3) is 5.91 Å². The van der Waals surface area contributed by atoms with Crippen molar-refractivity contribution in [1.29, 1.82) is 0 Å². The molecule has 1 amide bonds. The van der Waals surface area contributed by atoms with Crippen molar-refractivity contribution in [3.05, 3.63) is 58.4 Å². The minimum atomic E-state index is -0.301. The van der Waals surface area contributed by atoms with Gasteiger partial charge < -0.3 is 20.6 Å². The van der Waals surface area contributed by atoms with Crippen LogP contribution >= 0.6 is 0 Å². The lowest BCUT2D eigenvalue weighted by atomic mass is 9.96. The number of aryl methyl sites for hydroxylation is 2. The maximum atomic E-state index is 13.6. The topological polar surface area (TPSA) is 100.0 Å². The van der Waals surface area contributed by atoms with E-state index in [0.717, 1.165) is 66.1 Å². The smallest absolute Gasteiger partial charge is 0.254 e. The number of amides is 1. The minimum Gasteiger partial charge on any atom is -0.391 e. The van der Waals surface area contributed by atoms with Gasteiger partial charge in [-0.05, 0) is 51.2 Å². The summed E-state index contributed by atoms with van der Waals surface area (Å²) in [6, 6.07) is 7.82. The fourth-order valence-electron chi connectivity index (χ4n) is 5.14. The first kappa shape index (κ1) is 21.9. The van der Waals surface area contributed by atoms with Gasteiger partial charge in [0.05, 0.1) is 17.8 Å². The first-order valence-electron chi connectivity index (χ1n) is 11.8. The Bertz CT molecular complexity index is 1190. The van der Waals surface area contributed by atoms with Crippen LogP contribution in [0, 0.1) is 13.8 Å². The van der Waals surface area contributed by atoms with Crippen LogP contribution in [-0.4, -0.2) is 56.2 Å². The first-order chi connectivity index (χ1) is 15.9. The monoisotopic (exact) mass is 448 g/mol. The lowest BCUT2D eigenvalue weighted by molar-refractivity contribution is 0.0604. The summed E-state index contributed by atoms with van der Waals surface area (Å²) in [6.07, 6.45) is 5.38. The fourth-order valence-corrected chi connectivity index (χ4v) is 5.14. The second-order valence-corrected chi connectivity index (χ2v) is 9.38. The Balaban J connectivity index is 1.48. The number of hydrogen-bond acceptors (Lipinski definition) is 6. The lowest BCUT2D eigenvalue weighted by Crippen LogP contribution is -2.39. The summed E-state index contributed by atoms with van der Waals surface area (Å²) < 4.78 is 1.82. The number of fused-ring (bicyclic) bond motifs is 1. The van der Waals surface area contributed by atoms with E-state index >= 15 is 0 Å². The van der Waals surface area contributed by atoms with E-state index in [2.05, 4.69) is 4.90 Å². The molecule has 0 radical (unpaired) electrons. The molecule has 33 heavy (non-hydrogen) atoms. The zero-order valence-corrected chi connectivity index (χ0v) is 19.4. The number of aliphatic hydroxyl groups is 1. The third-order valence-electron chi connectivity index (χ3n) is 6.91. The molecule has 0 aliphatic carbocycles. The van der Waals surface area contributed by atoms with Gasteiger partial charge in [-0.25, -0.2) is 9.50 Å². The minimum absolute atomic E-state index is 0.0248. The molecular formula is C25H32N6O2. The molecule has 0 bridgehead atoms. The van der Waals surface area contributed by atoms with Gasteiger partial charge in [0.15, 0.2) is 5.65 Å². The van der Waals surface area contributed by atoms with Gasteiger partial charge in [-0.15, -0.1) is 0 Å². The van der Waals surface area contributed by atoms with E-state index in [1.165, 1.54) is 0 Å². The molecule has 2 aliphatic heterocycles. The van der Waals surface area contributed by atoms with Crippen LogP contribution in [0.15, 0.2) is 30.5 Å². The van der Waals surface area contributed by atoms with E-state index < -0.39 is 0 Å². The molecule has 174 valence electrons. The fraction of sp³-hybridized carbons (Fsp3) is 0.480. The molecule has 2 atom stereocenters. The lowest BCUT2D eigenvalue weighted by Gasteiger charge is -2.35. The van der Waals surface area contributed by atoms with Crippen molar-refractivity contribution in [3.63, 3.8) is 0 Å². The molecule has 3 N–H and O–H groups in total. The first-order valence-corrected chi connectivity index (χ1v) is 11.8. The number of nitrogens with two attached hydrogens (primary N) is 1. The van der Waals surface area contributed by atoms with Gasteiger partial charge in [0.1, 0.15) is 5.82 Å². The third kappa shape index (κ3) is 4.09. The number of carbonyl (C=O) groups is 1. The number of likely N-dealkylation sites (tertiary alicyclic amines) is 1. The quantitative estimate of drug-likeness (QED) is 0.637. The van der Waals surface area contributed by atoms with Gasteiger partial charge >= 0.3 is 0 Å². The highest BCUT2D eigenvalue weighted by Gasteiger charge is 2.32. The predicted molar refractivity (Wildman–Crippen MR) is 127 cm³/mol. The molecule has 5 rings (SSSR count). The van der Waals surface area contributed by atoms with E-state index in [4.69, 9.17) is 15.8 Å². The molecule has 0 saturated carbocycles. The molecule has 1 unspecified atom stereocenters. The number of aromatic nitrogens is 3. The number of anilines is 1. The summed E-state index contributed by atoms with van der Waals surface area (Å²) in [5.41, 5.74) is 11.2. The Morgan fingerprint density at radius 1 is 1.18 bits per heavy atom. The Morgan fingerprint density at radius 2 is 2.03 bits per heavy atom. The molecule has 2 saturated heterocycles. The van der Waals surface area contributed by atoms with Crippen LogP contribution in [0.2, 0.25) is 0 Å². The average molecular weight is 449 g/mol.